The van der Waals surface area contributed by atoms with E-state index in [0.717, 1.165) is 29.7 Å². The number of carbonyl (C=O) groups excluding carboxylic acids is 2. The summed E-state index contributed by atoms with van der Waals surface area (Å²) in [6.07, 6.45) is 3.79. The van der Waals surface area contributed by atoms with Gasteiger partial charge in [-0.05, 0) is 98.0 Å². The van der Waals surface area contributed by atoms with Crippen LogP contribution in [0.5, 0.6) is 0 Å². The van der Waals surface area contributed by atoms with Crippen molar-refractivity contribution in [1.82, 2.24) is 10.2 Å². The Morgan fingerprint density at radius 2 is 1.68 bits per heavy atom. The summed E-state index contributed by atoms with van der Waals surface area (Å²) in [5.41, 5.74) is 4.35. The largest absolute Gasteiger partial charge is 0.455 e. The molecule has 0 amide bonds. The lowest BCUT2D eigenvalue weighted by atomic mass is 9.87. The van der Waals surface area contributed by atoms with Gasteiger partial charge in [0.1, 0.15) is 23.0 Å². The van der Waals surface area contributed by atoms with Gasteiger partial charge in [-0.1, -0.05) is 13.0 Å². The van der Waals surface area contributed by atoms with Crippen LogP contribution >= 0.6 is 0 Å². The lowest BCUT2D eigenvalue weighted by Crippen LogP contribution is -2.16. The number of halogens is 2. The minimum Gasteiger partial charge on any atom is -0.455 e. The van der Waals surface area contributed by atoms with Gasteiger partial charge < -0.3 is 4.42 Å². The Hall–Kier alpha value is -4.52. The number of furan rings is 1. The van der Waals surface area contributed by atoms with Gasteiger partial charge in [0.15, 0.2) is 11.6 Å². The number of carbonyl (C=O) groups is 2. The second-order valence-corrected chi connectivity index (χ2v) is 10.9. The van der Waals surface area contributed by atoms with Crippen molar-refractivity contribution in [2.24, 2.45) is 0 Å². The fourth-order valence-corrected chi connectivity index (χ4v) is 5.71. The lowest BCUT2D eigenvalue weighted by molar-refractivity contribution is 0.0965. The maximum absolute atomic E-state index is 16.4. The fraction of sp³-hybridized carbons (Fsp3) is 0.235. The molecule has 1 fully saturated rings. The molecule has 3 aromatic carbocycles. The molecule has 0 bridgehead atoms. The average Bonchev–Trinajstić information content (AvgIpc) is 3.64. The second kappa shape index (κ2) is 10.1. The van der Waals surface area contributed by atoms with Gasteiger partial charge in [0.25, 0.3) is 0 Å². The van der Waals surface area contributed by atoms with E-state index < -0.39 is 11.6 Å². The van der Waals surface area contributed by atoms with E-state index in [9.17, 15) is 14.0 Å². The minimum absolute atomic E-state index is 0.0304. The van der Waals surface area contributed by atoms with Gasteiger partial charge in [-0.25, -0.2) is 8.78 Å². The molecule has 41 heavy (non-hydrogen) atoms. The van der Waals surface area contributed by atoms with Crippen LogP contribution in [0, 0.1) is 25.5 Å². The summed E-state index contributed by atoms with van der Waals surface area (Å²) in [6, 6.07) is 16.2. The molecule has 206 valence electrons. The zero-order valence-corrected chi connectivity index (χ0v) is 23.1. The number of benzene rings is 3. The number of aryl methyl sites for hydroxylation is 2. The maximum atomic E-state index is 16.4. The smallest absolute Gasteiger partial charge is 0.167 e. The van der Waals surface area contributed by atoms with Gasteiger partial charge in [0.2, 0.25) is 0 Å². The highest BCUT2D eigenvalue weighted by molar-refractivity contribution is 6.13. The molecule has 1 aliphatic rings. The molecule has 7 heteroatoms. The molecule has 2 aromatic heterocycles. The number of rotatable bonds is 8. The standard InChI is InChI=1S/C34H28F2N2O3/c1-4-26(39)30-31-28(41-33(30)21-7-9-22(35)10-8-21)12-11-23(32(31)36)24-17-25(20(3)16-19(24)2)27(40)18-34(13-14-34)29-6-5-15-37-38-29/h5-12,15-17H,4,13-14,18H2,1-3H3. The monoisotopic (exact) mass is 550 g/mol. The first-order valence-electron chi connectivity index (χ1n) is 13.7. The van der Waals surface area contributed by atoms with Crippen LogP contribution in [-0.2, 0) is 5.41 Å². The summed E-state index contributed by atoms with van der Waals surface area (Å²) in [4.78, 5) is 26.7. The number of hydrogen-bond donors (Lipinski definition) is 0. The summed E-state index contributed by atoms with van der Waals surface area (Å²) in [7, 11) is 0. The molecule has 0 saturated heterocycles. The molecule has 0 unspecified atom stereocenters. The quantitative estimate of drug-likeness (QED) is 0.182. The van der Waals surface area contributed by atoms with Gasteiger partial charge in [-0.15, -0.1) is 0 Å². The van der Waals surface area contributed by atoms with Crippen molar-refractivity contribution in [2.75, 3.05) is 0 Å². The summed E-state index contributed by atoms with van der Waals surface area (Å²) in [6.45, 7) is 5.46. The highest BCUT2D eigenvalue weighted by Gasteiger charge is 2.47. The third kappa shape index (κ3) is 4.65. The Labute approximate surface area is 236 Å². The zero-order chi connectivity index (χ0) is 28.9. The van der Waals surface area contributed by atoms with E-state index in [-0.39, 0.29) is 51.3 Å². The van der Waals surface area contributed by atoms with Crippen LogP contribution in [0.25, 0.3) is 33.4 Å². The summed E-state index contributed by atoms with van der Waals surface area (Å²) in [5, 5.41) is 8.32. The van der Waals surface area contributed by atoms with Crippen molar-refractivity contribution in [2.45, 2.75) is 51.9 Å². The first-order chi connectivity index (χ1) is 19.7. The van der Waals surface area contributed by atoms with Crippen LogP contribution in [0.2, 0.25) is 0 Å². The SMILES string of the molecule is CCC(=O)c1c(-c2ccc(F)cc2)oc2ccc(-c3cc(C(=O)CC4(c5cccnn5)CC4)c(C)cc3C)c(F)c12. The van der Waals surface area contributed by atoms with Gasteiger partial charge in [-0.3, -0.25) is 9.59 Å². The number of hydrogen-bond acceptors (Lipinski definition) is 5. The number of ketones is 2. The molecule has 5 nitrogen and oxygen atoms in total. The van der Waals surface area contributed by atoms with E-state index in [1.54, 1.807) is 31.3 Å². The van der Waals surface area contributed by atoms with Crippen LogP contribution in [-0.4, -0.2) is 21.8 Å². The zero-order valence-electron chi connectivity index (χ0n) is 23.1. The molecule has 0 N–H and O–H groups in total. The van der Waals surface area contributed by atoms with Crippen molar-refractivity contribution in [3.05, 3.63) is 106 Å². The van der Waals surface area contributed by atoms with Crippen LogP contribution in [0.15, 0.2) is 71.3 Å². The normalized spacial score (nSPS) is 13.9. The fourth-order valence-electron chi connectivity index (χ4n) is 5.71. The molecule has 0 radical (unpaired) electrons. The van der Waals surface area contributed by atoms with E-state index >= 15 is 4.39 Å². The van der Waals surface area contributed by atoms with E-state index in [0.29, 0.717) is 23.1 Å². The highest BCUT2D eigenvalue weighted by atomic mass is 19.1. The van der Waals surface area contributed by atoms with E-state index in [1.807, 2.05) is 32.0 Å². The van der Waals surface area contributed by atoms with Gasteiger partial charge in [-0.2, -0.15) is 10.2 Å². The first kappa shape index (κ1) is 26.7. The molecule has 1 aliphatic carbocycles. The number of Topliss-reactive ketones (excluding diaryl/α,β-unsaturated/α-hetero) is 2. The Kier molecular flexibility index (Phi) is 6.60. The second-order valence-electron chi connectivity index (χ2n) is 10.9. The van der Waals surface area contributed by atoms with E-state index in [4.69, 9.17) is 4.42 Å². The van der Waals surface area contributed by atoms with Crippen LogP contribution in [0.4, 0.5) is 8.78 Å². The predicted molar refractivity (Wildman–Crippen MR) is 153 cm³/mol. The van der Waals surface area contributed by atoms with Crippen molar-refractivity contribution in [1.29, 1.82) is 0 Å². The Morgan fingerprint density at radius 1 is 0.927 bits per heavy atom. The van der Waals surface area contributed by atoms with Gasteiger partial charge >= 0.3 is 0 Å². The molecule has 0 spiro atoms. The molecule has 0 atom stereocenters. The third-order valence-corrected chi connectivity index (χ3v) is 8.13. The van der Waals surface area contributed by atoms with Crippen molar-refractivity contribution in [3.63, 3.8) is 0 Å². The maximum Gasteiger partial charge on any atom is 0.167 e. The molecule has 5 aromatic rings. The van der Waals surface area contributed by atoms with Crippen LogP contribution in [0.3, 0.4) is 0 Å². The Balaban J connectivity index is 1.45. The Morgan fingerprint density at radius 3 is 2.34 bits per heavy atom. The molecule has 1 saturated carbocycles. The molecule has 2 heterocycles. The summed E-state index contributed by atoms with van der Waals surface area (Å²) >= 11 is 0. The first-order valence-corrected chi connectivity index (χ1v) is 13.7. The molecule has 6 rings (SSSR count). The van der Waals surface area contributed by atoms with Crippen LogP contribution in [0.1, 0.15) is 70.1 Å². The minimum atomic E-state index is -0.597. The summed E-state index contributed by atoms with van der Waals surface area (Å²) < 4.78 is 36.0. The van der Waals surface area contributed by atoms with Crippen LogP contribution < -0.4 is 0 Å². The number of nitrogens with zero attached hydrogens (tertiary/aromatic N) is 2. The van der Waals surface area contributed by atoms with Gasteiger partial charge in [0.05, 0.1) is 16.6 Å². The molecular formula is C34H28F2N2O3. The van der Waals surface area contributed by atoms with Crippen molar-refractivity contribution in [3.8, 4) is 22.5 Å². The topological polar surface area (TPSA) is 73.1 Å². The Bertz CT molecular complexity index is 1820. The van der Waals surface area contributed by atoms with E-state index in [1.165, 1.54) is 24.3 Å². The molecular weight excluding hydrogens is 522 g/mol. The number of fused-ring (bicyclic) bond motifs is 1. The molecule has 0 aliphatic heterocycles. The number of aromatic nitrogens is 2. The van der Waals surface area contributed by atoms with Crippen molar-refractivity contribution >= 4 is 22.5 Å². The highest BCUT2D eigenvalue weighted by Crippen LogP contribution is 2.51. The van der Waals surface area contributed by atoms with Crippen molar-refractivity contribution < 1.29 is 22.8 Å². The third-order valence-electron chi connectivity index (χ3n) is 8.13. The lowest BCUT2D eigenvalue weighted by Gasteiger charge is -2.16. The van der Waals surface area contributed by atoms with Gasteiger partial charge in [0, 0.05) is 41.1 Å². The van der Waals surface area contributed by atoms with E-state index in [2.05, 4.69) is 10.2 Å². The predicted octanol–water partition coefficient (Wildman–Crippen LogP) is 8.35. The average molecular weight is 551 g/mol. The summed E-state index contributed by atoms with van der Waals surface area (Å²) in [5.74, 6) is -1.13.